The molecule has 0 unspecified atom stereocenters. The summed E-state index contributed by atoms with van der Waals surface area (Å²) in [5.41, 5.74) is 1.06. The van der Waals surface area contributed by atoms with E-state index in [0.717, 1.165) is 31.2 Å². The van der Waals surface area contributed by atoms with Crippen molar-refractivity contribution in [2.24, 2.45) is 0 Å². The maximum Gasteiger partial charge on any atom is 0.260 e. The van der Waals surface area contributed by atoms with Crippen molar-refractivity contribution in [3.63, 3.8) is 0 Å². The monoisotopic (exact) mass is 460 g/mol. The Morgan fingerprint density at radius 1 is 1.06 bits per heavy atom. The van der Waals surface area contributed by atoms with Gasteiger partial charge in [-0.05, 0) is 62.1 Å². The topological polar surface area (TPSA) is 84.9 Å². The van der Waals surface area contributed by atoms with Crippen molar-refractivity contribution in [3.05, 3.63) is 54.1 Å². The van der Waals surface area contributed by atoms with Crippen LogP contribution < -0.4 is 14.8 Å². The van der Waals surface area contributed by atoms with E-state index in [9.17, 15) is 13.2 Å². The third-order valence-corrected chi connectivity index (χ3v) is 7.39. The molecule has 1 N–H and O–H groups in total. The van der Waals surface area contributed by atoms with Gasteiger partial charge in [0, 0.05) is 13.1 Å². The first kappa shape index (κ1) is 24.1. The predicted octanol–water partition coefficient (Wildman–Crippen LogP) is 3.39. The first-order valence-corrected chi connectivity index (χ1v) is 12.6. The molecule has 3 rings (SSSR count). The molecule has 7 nitrogen and oxygen atoms in total. The molecule has 1 heterocycles. The van der Waals surface area contributed by atoms with Gasteiger partial charge in [0.25, 0.3) is 5.91 Å². The second kappa shape index (κ2) is 11.3. The highest BCUT2D eigenvalue weighted by Crippen LogP contribution is 2.23. The fourth-order valence-electron chi connectivity index (χ4n) is 3.60. The van der Waals surface area contributed by atoms with Crippen LogP contribution in [0.25, 0.3) is 0 Å². The summed E-state index contributed by atoms with van der Waals surface area (Å²) in [6, 6.07) is 14.1. The molecule has 1 aliphatic rings. The Morgan fingerprint density at radius 2 is 1.75 bits per heavy atom. The number of sulfonamides is 1. The molecule has 8 heteroatoms. The Labute approximate surface area is 190 Å². The van der Waals surface area contributed by atoms with Gasteiger partial charge in [-0.15, -0.1) is 0 Å². The lowest BCUT2D eigenvalue weighted by Crippen LogP contribution is -2.38. The van der Waals surface area contributed by atoms with E-state index in [4.69, 9.17) is 9.47 Å². The van der Waals surface area contributed by atoms with Gasteiger partial charge in [0.2, 0.25) is 10.0 Å². The molecule has 32 heavy (non-hydrogen) atoms. The maximum atomic E-state index is 12.7. The van der Waals surface area contributed by atoms with E-state index in [0.29, 0.717) is 31.1 Å². The van der Waals surface area contributed by atoms with E-state index in [2.05, 4.69) is 5.32 Å². The molecular weight excluding hydrogens is 428 g/mol. The SMILES string of the molecule is CCc1ccccc1O[C@@H](C)C(=O)NCCOc1ccc(S(=O)(=O)N2CCCCC2)cc1. The highest BCUT2D eigenvalue weighted by molar-refractivity contribution is 7.89. The number of nitrogens with one attached hydrogen (secondary N) is 1. The number of para-hydroxylation sites is 1. The van der Waals surface area contributed by atoms with Crippen molar-refractivity contribution in [1.29, 1.82) is 0 Å². The largest absolute Gasteiger partial charge is 0.492 e. The average Bonchev–Trinajstić information content (AvgIpc) is 2.83. The molecular formula is C24H32N2O5S. The summed E-state index contributed by atoms with van der Waals surface area (Å²) in [5, 5.41) is 2.80. The molecule has 174 valence electrons. The Morgan fingerprint density at radius 3 is 2.44 bits per heavy atom. The molecule has 0 bridgehead atoms. The van der Waals surface area contributed by atoms with Crippen molar-refractivity contribution >= 4 is 15.9 Å². The van der Waals surface area contributed by atoms with Crippen LogP contribution >= 0.6 is 0 Å². The average molecular weight is 461 g/mol. The molecule has 1 saturated heterocycles. The van der Waals surface area contributed by atoms with Gasteiger partial charge in [-0.3, -0.25) is 4.79 Å². The number of nitrogens with zero attached hydrogens (tertiary/aromatic N) is 1. The zero-order valence-electron chi connectivity index (χ0n) is 18.7. The van der Waals surface area contributed by atoms with Crippen LogP contribution in [-0.4, -0.2) is 51.0 Å². The number of aryl methyl sites for hydroxylation is 1. The molecule has 2 aromatic carbocycles. The highest BCUT2D eigenvalue weighted by Gasteiger charge is 2.25. The fourth-order valence-corrected chi connectivity index (χ4v) is 5.12. The zero-order valence-corrected chi connectivity index (χ0v) is 19.6. The lowest BCUT2D eigenvalue weighted by Gasteiger charge is -2.25. The van der Waals surface area contributed by atoms with E-state index in [-0.39, 0.29) is 17.4 Å². The first-order valence-electron chi connectivity index (χ1n) is 11.2. The minimum absolute atomic E-state index is 0.220. The molecule has 2 aromatic rings. The third kappa shape index (κ3) is 6.23. The van der Waals surface area contributed by atoms with Gasteiger partial charge in [0.15, 0.2) is 6.10 Å². The van der Waals surface area contributed by atoms with Crippen LogP contribution in [0.1, 0.15) is 38.7 Å². The van der Waals surface area contributed by atoms with Crippen LogP contribution in [-0.2, 0) is 21.2 Å². The Hall–Kier alpha value is -2.58. The third-order valence-electron chi connectivity index (χ3n) is 5.47. The standard InChI is InChI=1S/C24H32N2O5S/c1-3-20-9-5-6-10-23(20)31-19(2)24(27)25-15-18-30-21-11-13-22(14-12-21)32(28,29)26-16-7-4-8-17-26/h5-6,9-14,19H,3-4,7-8,15-18H2,1-2H3,(H,25,27)/t19-/m0/s1. The maximum absolute atomic E-state index is 12.7. The van der Waals surface area contributed by atoms with Crippen molar-refractivity contribution in [1.82, 2.24) is 9.62 Å². The molecule has 1 aliphatic heterocycles. The van der Waals surface area contributed by atoms with Crippen LogP contribution in [0.3, 0.4) is 0 Å². The van der Waals surface area contributed by atoms with Crippen LogP contribution in [0.15, 0.2) is 53.4 Å². The van der Waals surface area contributed by atoms with Gasteiger partial charge in [0.1, 0.15) is 18.1 Å². The van der Waals surface area contributed by atoms with Crippen LogP contribution in [0.5, 0.6) is 11.5 Å². The van der Waals surface area contributed by atoms with E-state index in [1.165, 1.54) is 0 Å². The predicted molar refractivity (Wildman–Crippen MR) is 123 cm³/mol. The lowest BCUT2D eigenvalue weighted by molar-refractivity contribution is -0.127. The summed E-state index contributed by atoms with van der Waals surface area (Å²) < 4.78 is 38.4. The summed E-state index contributed by atoms with van der Waals surface area (Å²) in [6.45, 7) is 5.49. The number of carbonyl (C=O) groups excluding carboxylic acids is 1. The van der Waals surface area contributed by atoms with E-state index in [1.807, 2.05) is 31.2 Å². The highest BCUT2D eigenvalue weighted by atomic mass is 32.2. The van der Waals surface area contributed by atoms with Crippen LogP contribution in [0, 0.1) is 0 Å². The molecule has 1 fully saturated rings. The van der Waals surface area contributed by atoms with Crippen LogP contribution in [0.2, 0.25) is 0 Å². The number of ether oxygens (including phenoxy) is 2. The van der Waals surface area contributed by atoms with Crippen LogP contribution in [0.4, 0.5) is 0 Å². The van der Waals surface area contributed by atoms with Crippen molar-refractivity contribution in [2.75, 3.05) is 26.2 Å². The van der Waals surface area contributed by atoms with Crippen molar-refractivity contribution in [2.45, 2.75) is 50.5 Å². The fraction of sp³-hybridized carbons (Fsp3) is 0.458. The first-order chi connectivity index (χ1) is 15.4. The smallest absolute Gasteiger partial charge is 0.260 e. The number of piperidine rings is 1. The molecule has 0 spiro atoms. The summed E-state index contributed by atoms with van der Waals surface area (Å²) in [4.78, 5) is 12.6. The number of hydrogen-bond acceptors (Lipinski definition) is 5. The van der Waals surface area contributed by atoms with Gasteiger partial charge >= 0.3 is 0 Å². The van der Waals surface area contributed by atoms with Gasteiger partial charge in [-0.1, -0.05) is 31.5 Å². The number of rotatable bonds is 10. The molecule has 0 radical (unpaired) electrons. The number of carbonyl (C=O) groups is 1. The zero-order chi connectivity index (χ0) is 23.0. The minimum atomic E-state index is -3.45. The number of hydrogen-bond donors (Lipinski definition) is 1. The lowest BCUT2D eigenvalue weighted by atomic mass is 10.1. The Kier molecular flexibility index (Phi) is 8.53. The van der Waals surface area contributed by atoms with E-state index < -0.39 is 16.1 Å². The number of amides is 1. The van der Waals surface area contributed by atoms with Gasteiger partial charge in [0.05, 0.1) is 11.4 Å². The van der Waals surface area contributed by atoms with Gasteiger partial charge in [-0.25, -0.2) is 8.42 Å². The summed E-state index contributed by atoms with van der Waals surface area (Å²) in [7, 11) is -3.45. The molecule has 1 amide bonds. The van der Waals surface area contributed by atoms with Gasteiger partial charge < -0.3 is 14.8 Å². The summed E-state index contributed by atoms with van der Waals surface area (Å²) >= 11 is 0. The van der Waals surface area contributed by atoms with Gasteiger partial charge in [-0.2, -0.15) is 4.31 Å². The van der Waals surface area contributed by atoms with Crippen molar-refractivity contribution < 1.29 is 22.7 Å². The van der Waals surface area contributed by atoms with E-state index >= 15 is 0 Å². The molecule has 1 atom stereocenters. The quantitative estimate of drug-likeness (QED) is 0.550. The molecule has 0 saturated carbocycles. The van der Waals surface area contributed by atoms with E-state index in [1.54, 1.807) is 35.5 Å². The van der Waals surface area contributed by atoms with Crippen molar-refractivity contribution in [3.8, 4) is 11.5 Å². The Balaban J connectivity index is 1.43. The summed E-state index contributed by atoms with van der Waals surface area (Å²) in [6.07, 6.45) is 3.09. The second-order valence-electron chi connectivity index (χ2n) is 7.80. The normalized spacial score (nSPS) is 15.7. The number of benzene rings is 2. The molecule has 0 aliphatic carbocycles. The summed E-state index contributed by atoms with van der Waals surface area (Å²) in [5.74, 6) is 1.05. The Bertz CT molecular complexity index is 986. The molecule has 0 aromatic heterocycles. The second-order valence-corrected chi connectivity index (χ2v) is 9.73. The minimum Gasteiger partial charge on any atom is -0.492 e.